The fourth-order valence-corrected chi connectivity index (χ4v) is 3.60. The van der Waals surface area contributed by atoms with E-state index >= 15 is 0 Å². The van der Waals surface area contributed by atoms with Crippen molar-refractivity contribution in [3.8, 4) is 11.5 Å². The molecule has 152 valence electrons. The lowest BCUT2D eigenvalue weighted by molar-refractivity contribution is -0.113. The first kappa shape index (κ1) is 21.0. The van der Waals surface area contributed by atoms with Gasteiger partial charge in [-0.3, -0.25) is 4.79 Å². The third-order valence-electron chi connectivity index (χ3n) is 4.68. The van der Waals surface area contributed by atoms with Crippen molar-refractivity contribution in [2.45, 2.75) is 19.9 Å². The molecule has 8 heteroatoms. The van der Waals surface area contributed by atoms with Crippen LogP contribution in [0.4, 0.5) is 5.69 Å². The highest BCUT2D eigenvalue weighted by molar-refractivity contribution is 7.80. The first-order valence-electron chi connectivity index (χ1n) is 8.91. The van der Waals surface area contributed by atoms with Gasteiger partial charge in [0.15, 0.2) is 16.6 Å². The van der Waals surface area contributed by atoms with Crippen LogP contribution in [-0.4, -0.2) is 25.2 Å². The van der Waals surface area contributed by atoms with Gasteiger partial charge in [0, 0.05) is 16.4 Å². The summed E-state index contributed by atoms with van der Waals surface area (Å²) in [5, 5.41) is 10.1. The Hall–Kier alpha value is -2.77. The second-order valence-corrected chi connectivity index (χ2v) is 7.42. The highest BCUT2D eigenvalue weighted by atomic mass is 35.5. The van der Waals surface area contributed by atoms with Crippen LogP contribution in [0, 0.1) is 6.92 Å². The summed E-state index contributed by atoms with van der Waals surface area (Å²) in [7, 11) is 3.14. The molecule has 3 rings (SSSR count). The van der Waals surface area contributed by atoms with Crippen LogP contribution in [-0.2, 0) is 4.79 Å². The Bertz CT molecular complexity index is 1010. The maximum atomic E-state index is 13.2. The van der Waals surface area contributed by atoms with Crippen LogP contribution in [0.3, 0.4) is 0 Å². The molecule has 0 aliphatic carbocycles. The normalized spacial score (nSPS) is 16.0. The van der Waals surface area contributed by atoms with Gasteiger partial charge in [-0.2, -0.15) is 0 Å². The number of rotatable bonds is 5. The Balaban J connectivity index is 1.97. The number of halogens is 1. The second-order valence-electron chi connectivity index (χ2n) is 6.60. The Labute approximate surface area is 180 Å². The molecule has 0 radical (unpaired) electrons. The van der Waals surface area contributed by atoms with Crippen LogP contribution in [0.1, 0.15) is 24.1 Å². The molecule has 2 aromatic rings. The van der Waals surface area contributed by atoms with E-state index in [9.17, 15) is 4.79 Å². The van der Waals surface area contributed by atoms with E-state index in [-0.39, 0.29) is 5.91 Å². The van der Waals surface area contributed by atoms with E-state index in [1.54, 1.807) is 26.4 Å². The van der Waals surface area contributed by atoms with Crippen LogP contribution in [0.25, 0.3) is 0 Å². The zero-order valence-corrected chi connectivity index (χ0v) is 18.1. The minimum absolute atomic E-state index is 0.260. The van der Waals surface area contributed by atoms with E-state index in [0.29, 0.717) is 38.6 Å². The SMILES string of the molecule is COc1ccc(C2NC(=S)NC(C)=C2C(=O)Nc2ccc(C)c(Cl)c2)cc1OC. The molecular formula is C21H22ClN3O3S. The third-order valence-corrected chi connectivity index (χ3v) is 5.31. The third kappa shape index (κ3) is 4.46. The lowest BCUT2D eigenvalue weighted by Crippen LogP contribution is -2.45. The molecule has 6 nitrogen and oxygen atoms in total. The monoisotopic (exact) mass is 431 g/mol. The van der Waals surface area contributed by atoms with Gasteiger partial charge in [0.05, 0.1) is 25.8 Å². The van der Waals surface area contributed by atoms with Gasteiger partial charge in [-0.15, -0.1) is 0 Å². The fourth-order valence-electron chi connectivity index (χ4n) is 3.15. The van der Waals surface area contributed by atoms with Crippen molar-refractivity contribution in [3.05, 3.63) is 63.8 Å². The molecule has 0 aromatic heterocycles. The lowest BCUT2D eigenvalue weighted by atomic mass is 9.94. The molecule has 3 N–H and O–H groups in total. The number of carbonyl (C=O) groups is 1. The molecule has 1 heterocycles. The maximum absolute atomic E-state index is 13.2. The average Bonchev–Trinajstić information content (AvgIpc) is 2.69. The van der Waals surface area contributed by atoms with E-state index < -0.39 is 6.04 Å². The van der Waals surface area contributed by atoms with Gasteiger partial charge in [-0.25, -0.2) is 0 Å². The summed E-state index contributed by atoms with van der Waals surface area (Å²) in [4.78, 5) is 13.2. The van der Waals surface area contributed by atoms with Crippen molar-refractivity contribution in [2.75, 3.05) is 19.5 Å². The largest absolute Gasteiger partial charge is 0.493 e. The van der Waals surface area contributed by atoms with Crippen LogP contribution in [0.5, 0.6) is 11.5 Å². The van der Waals surface area contributed by atoms with Gasteiger partial charge in [-0.05, 0) is 61.5 Å². The summed E-state index contributed by atoms with van der Waals surface area (Å²) >= 11 is 11.5. The van der Waals surface area contributed by atoms with Crippen LogP contribution in [0.15, 0.2) is 47.7 Å². The Kier molecular flexibility index (Phi) is 6.30. The predicted molar refractivity (Wildman–Crippen MR) is 119 cm³/mol. The Morgan fingerprint density at radius 2 is 1.83 bits per heavy atom. The molecule has 1 amide bonds. The molecule has 1 aliphatic rings. The first-order valence-corrected chi connectivity index (χ1v) is 9.70. The second kappa shape index (κ2) is 8.71. The fraction of sp³-hybridized carbons (Fsp3) is 0.238. The summed E-state index contributed by atoms with van der Waals surface area (Å²) in [6.45, 7) is 3.72. The highest BCUT2D eigenvalue weighted by Gasteiger charge is 2.30. The number of carbonyl (C=O) groups excluding carboxylic acids is 1. The number of hydrogen-bond donors (Lipinski definition) is 3. The molecule has 0 bridgehead atoms. The van der Waals surface area contributed by atoms with Crippen molar-refractivity contribution in [1.82, 2.24) is 10.6 Å². The number of anilines is 1. The van der Waals surface area contributed by atoms with Gasteiger partial charge in [0.25, 0.3) is 5.91 Å². The van der Waals surface area contributed by atoms with Crippen molar-refractivity contribution < 1.29 is 14.3 Å². The van der Waals surface area contributed by atoms with Crippen LogP contribution >= 0.6 is 23.8 Å². The van der Waals surface area contributed by atoms with Gasteiger partial charge >= 0.3 is 0 Å². The molecule has 0 fully saturated rings. The predicted octanol–water partition coefficient (Wildman–Crippen LogP) is 4.10. The quantitative estimate of drug-likeness (QED) is 0.619. The van der Waals surface area contributed by atoms with Crippen LogP contribution in [0.2, 0.25) is 5.02 Å². The molecule has 0 spiro atoms. The van der Waals surface area contributed by atoms with E-state index in [4.69, 9.17) is 33.3 Å². The summed E-state index contributed by atoms with van der Waals surface area (Å²) < 4.78 is 10.7. The maximum Gasteiger partial charge on any atom is 0.255 e. The van der Waals surface area contributed by atoms with E-state index in [1.807, 2.05) is 38.1 Å². The molecule has 2 aromatic carbocycles. The highest BCUT2D eigenvalue weighted by Crippen LogP contribution is 2.34. The van der Waals surface area contributed by atoms with Gasteiger partial charge < -0.3 is 25.4 Å². The smallest absolute Gasteiger partial charge is 0.255 e. The lowest BCUT2D eigenvalue weighted by Gasteiger charge is -2.30. The number of thiocarbonyl (C=S) groups is 1. The number of methoxy groups -OCH3 is 2. The first-order chi connectivity index (χ1) is 13.8. The Morgan fingerprint density at radius 1 is 1.10 bits per heavy atom. The molecule has 29 heavy (non-hydrogen) atoms. The minimum atomic E-state index is -0.454. The summed E-state index contributed by atoms with van der Waals surface area (Å²) in [6.07, 6.45) is 0. The number of ether oxygens (including phenoxy) is 2. The number of amides is 1. The summed E-state index contributed by atoms with van der Waals surface area (Å²) in [5.74, 6) is 0.914. The van der Waals surface area contributed by atoms with Crippen LogP contribution < -0.4 is 25.4 Å². The minimum Gasteiger partial charge on any atom is -0.493 e. The number of hydrogen-bond acceptors (Lipinski definition) is 4. The van der Waals surface area contributed by atoms with Crippen molar-refractivity contribution in [1.29, 1.82) is 0 Å². The molecular weight excluding hydrogens is 410 g/mol. The number of benzene rings is 2. The van der Waals surface area contributed by atoms with Crippen molar-refractivity contribution in [3.63, 3.8) is 0 Å². The number of aryl methyl sites for hydroxylation is 1. The molecule has 1 atom stereocenters. The summed E-state index contributed by atoms with van der Waals surface area (Å²) in [6, 6.07) is 10.4. The zero-order valence-electron chi connectivity index (χ0n) is 16.6. The standard InChI is InChI=1S/C21H22ClN3O3S/c1-11-5-7-14(10-15(11)22)24-20(26)18-12(2)23-21(29)25-19(18)13-6-8-16(27-3)17(9-13)28-4/h5-10,19H,1-4H3,(H,24,26)(H2,23,25,29). The van der Waals surface area contributed by atoms with E-state index in [0.717, 1.165) is 11.1 Å². The number of nitrogens with one attached hydrogen (secondary N) is 3. The molecule has 0 saturated carbocycles. The molecule has 0 saturated heterocycles. The van der Waals surface area contributed by atoms with E-state index in [2.05, 4.69) is 16.0 Å². The van der Waals surface area contributed by atoms with Gasteiger partial charge in [-0.1, -0.05) is 23.7 Å². The average molecular weight is 432 g/mol. The topological polar surface area (TPSA) is 71.6 Å². The summed E-state index contributed by atoms with van der Waals surface area (Å²) in [5.41, 5.74) is 3.56. The van der Waals surface area contributed by atoms with Crippen molar-refractivity contribution in [2.24, 2.45) is 0 Å². The molecule has 1 unspecified atom stereocenters. The van der Waals surface area contributed by atoms with Gasteiger partial charge in [0.1, 0.15) is 0 Å². The van der Waals surface area contributed by atoms with E-state index in [1.165, 1.54) is 0 Å². The number of allylic oxidation sites excluding steroid dienone is 1. The van der Waals surface area contributed by atoms with Gasteiger partial charge in [0.2, 0.25) is 0 Å². The zero-order chi connectivity index (χ0) is 21.1. The molecule has 1 aliphatic heterocycles. The Morgan fingerprint density at radius 3 is 2.48 bits per heavy atom. The van der Waals surface area contributed by atoms with Crippen molar-refractivity contribution >= 4 is 40.5 Å².